The molecule has 0 heterocycles. The fourth-order valence-corrected chi connectivity index (χ4v) is 2.27. The number of Topliss-reactive ketones (excluding diaryl/α,β-unsaturated/α-hetero) is 1. The molecule has 0 unspecified atom stereocenters. The smallest absolute Gasteiger partial charge is 0.235 e. The van der Waals surface area contributed by atoms with Crippen LogP contribution in [-0.4, -0.2) is 31.8 Å². The number of fused-ring (bicyclic) bond motifs is 1. The lowest BCUT2D eigenvalue weighted by Crippen LogP contribution is -2.28. The number of nitrogens with one attached hydrogen (secondary N) is 1. The highest BCUT2D eigenvalue weighted by atomic mass is 35.5. The van der Waals surface area contributed by atoms with E-state index in [1.54, 1.807) is 12.1 Å². The molecule has 102 valence electrons. The lowest BCUT2D eigenvalue weighted by Gasteiger charge is -2.14. The van der Waals surface area contributed by atoms with Gasteiger partial charge in [-0.15, -0.1) is 11.6 Å². The van der Waals surface area contributed by atoms with Crippen molar-refractivity contribution in [1.29, 1.82) is 0 Å². The van der Waals surface area contributed by atoms with Crippen LogP contribution >= 0.6 is 11.6 Å². The van der Waals surface area contributed by atoms with Gasteiger partial charge < -0.3 is 14.8 Å². The molecular weight excluding hydrogens is 270 g/mol. The lowest BCUT2D eigenvalue weighted by atomic mass is 10.1. The molecule has 1 aliphatic carbocycles. The summed E-state index contributed by atoms with van der Waals surface area (Å²) in [5.41, 5.74) is 1.29. The first-order chi connectivity index (χ1) is 9.10. The first-order valence-corrected chi connectivity index (χ1v) is 6.28. The molecular formula is C13H14ClNO4. The van der Waals surface area contributed by atoms with Crippen LogP contribution in [0.5, 0.6) is 11.5 Å². The van der Waals surface area contributed by atoms with Crippen LogP contribution in [0, 0.1) is 0 Å². The minimum atomic E-state index is -0.353. The number of halogens is 1. The van der Waals surface area contributed by atoms with E-state index in [4.69, 9.17) is 21.1 Å². The zero-order chi connectivity index (χ0) is 14.0. The highest BCUT2D eigenvalue weighted by Crippen LogP contribution is 2.39. The van der Waals surface area contributed by atoms with Crippen LogP contribution in [0.3, 0.4) is 0 Å². The van der Waals surface area contributed by atoms with Gasteiger partial charge in [0.1, 0.15) is 5.88 Å². The number of methoxy groups -OCH3 is 2. The Kier molecular flexibility index (Phi) is 3.95. The van der Waals surface area contributed by atoms with E-state index < -0.39 is 0 Å². The standard InChI is InChI=1S/C13H14ClNO4/c1-18-11-3-7-8(4-12(11)19-2)10(16)5-9(7)15-13(17)6-14/h3-4,9H,5-6H2,1-2H3,(H,15,17)/t9-/m0/s1. The number of carbonyl (C=O) groups excluding carboxylic acids is 2. The molecule has 1 atom stereocenters. The Morgan fingerprint density at radius 3 is 2.58 bits per heavy atom. The number of rotatable bonds is 4. The summed E-state index contributed by atoms with van der Waals surface area (Å²) in [5, 5.41) is 2.72. The van der Waals surface area contributed by atoms with Crippen LogP contribution < -0.4 is 14.8 Å². The maximum absolute atomic E-state index is 11.9. The van der Waals surface area contributed by atoms with Gasteiger partial charge in [0.05, 0.1) is 20.3 Å². The Balaban J connectivity index is 2.40. The second kappa shape index (κ2) is 5.48. The second-order valence-corrected chi connectivity index (χ2v) is 4.44. The lowest BCUT2D eigenvalue weighted by molar-refractivity contribution is -0.119. The van der Waals surface area contributed by atoms with Crippen LogP contribution in [0.4, 0.5) is 0 Å². The van der Waals surface area contributed by atoms with E-state index >= 15 is 0 Å². The van der Waals surface area contributed by atoms with E-state index in [-0.39, 0.29) is 30.0 Å². The Labute approximate surface area is 115 Å². The van der Waals surface area contributed by atoms with Gasteiger partial charge in [-0.05, 0) is 17.7 Å². The number of ketones is 1. The topological polar surface area (TPSA) is 64.6 Å². The number of hydrogen-bond acceptors (Lipinski definition) is 4. The van der Waals surface area contributed by atoms with Gasteiger partial charge in [0.15, 0.2) is 17.3 Å². The van der Waals surface area contributed by atoms with Crippen molar-refractivity contribution in [3.8, 4) is 11.5 Å². The van der Waals surface area contributed by atoms with Gasteiger partial charge in [-0.1, -0.05) is 0 Å². The number of benzene rings is 1. The molecule has 1 amide bonds. The van der Waals surface area contributed by atoms with Crippen molar-refractivity contribution in [3.05, 3.63) is 23.3 Å². The molecule has 1 N–H and O–H groups in total. The van der Waals surface area contributed by atoms with Crippen LogP contribution in [-0.2, 0) is 4.79 Å². The minimum Gasteiger partial charge on any atom is -0.493 e. The molecule has 0 radical (unpaired) electrons. The van der Waals surface area contributed by atoms with Crippen LogP contribution in [0.15, 0.2) is 12.1 Å². The van der Waals surface area contributed by atoms with Crippen molar-refractivity contribution in [1.82, 2.24) is 5.32 Å². The van der Waals surface area contributed by atoms with Gasteiger partial charge in [-0.25, -0.2) is 0 Å². The zero-order valence-corrected chi connectivity index (χ0v) is 11.4. The Morgan fingerprint density at radius 1 is 1.37 bits per heavy atom. The van der Waals surface area contributed by atoms with E-state index in [0.717, 1.165) is 5.56 Å². The van der Waals surface area contributed by atoms with Crippen molar-refractivity contribution in [3.63, 3.8) is 0 Å². The maximum atomic E-state index is 11.9. The number of alkyl halides is 1. The minimum absolute atomic E-state index is 0.0316. The summed E-state index contributed by atoms with van der Waals surface area (Å²) in [6, 6.07) is 3.01. The molecule has 0 saturated heterocycles. The van der Waals surface area contributed by atoms with Crippen LogP contribution in [0.1, 0.15) is 28.4 Å². The highest BCUT2D eigenvalue weighted by Gasteiger charge is 2.32. The largest absolute Gasteiger partial charge is 0.493 e. The Hall–Kier alpha value is -1.75. The third-order valence-corrected chi connectivity index (χ3v) is 3.32. The van der Waals surface area contributed by atoms with Crippen molar-refractivity contribution < 1.29 is 19.1 Å². The summed E-state index contributed by atoms with van der Waals surface area (Å²) in [4.78, 5) is 23.3. The number of hydrogen-bond donors (Lipinski definition) is 1. The fraction of sp³-hybridized carbons (Fsp3) is 0.385. The van der Waals surface area contributed by atoms with Crippen molar-refractivity contribution in [2.24, 2.45) is 0 Å². The summed E-state index contributed by atoms with van der Waals surface area (Å²) in [7, 11) is 3.03. The van der Waals surface area contributed by atoms with Gasteiger partial charge >= 0.3 is 0 Å². The highest BCUT2D eigenvalue weighted by molar-refractivity contribution is 6.27. The third kappa shape index (κ3) is 2.51. The first-order valence-electron chi connectivity index (χ1n) is 5.75. The summed E-state index contributed by atoms with van der Waals surface area (Å²) >= 11 is 5.46. The average molecular weight is 284 g/mol. The van der Waals surface area contributed by atoms with E-state index in [1.165, 1.54) is 14.2 Å². The molecule has 0 aliphatic heterocycles. The van der Waals surface area contributed by atoms with E-state index in [1.807, 2.05) is 0 Å². The molecule has 0 fully saturated rings. The molecule has 6 heteroatoms. The zero-order valence-electron chi connectivity index (χ0n) is 10.7. The molecule has 2 rings (SSSR count). The molecule has 0 aromatic heterocycles. The first kappa shape index (κ1) is 13.7. The van der Waals surface area contributed by atoms with Crippen molar-refractivity contribution in [2.75, 3.05) is 20.1 Å². The van der Waals surface area contributed by atoms with E-state index in [9.17, 15) is 9.59 Å². The van der Waals surface area contributed by atoms with Gasteiger partial charge in [-0.2, -0.15) is 0 Å². The third-order valence-electron chi connectivity index (χ3n) is 3.08. The fourth-order valence-electron chi connectivity index (χ4n) is 2.19. The van der Waals surface area contributed by atoms with Crippen LogP contribution in [0.25, 0.3) is 0 Å². The Morgan fingerprint density at radius 2 is 2.00 bits per heavy atom. The molecule has 1 aliphatic rings. The number of ether oxygens (including phenoxy) is 2. The molecule has 1 aromatic carbocycles. The van der Waals surface area contributed by atoms with Crippen molar-refractivity contribution >= 4 is 23.3 Å². The summed E-state index contributed by atoms with van der Waals surface area (Å²) in [6.07, 6.45) is 0.230. The maximum Gasteiger partial charge on any atom is 0.235 e. The summed E-state index contributed by atoms with van der Waals surface area (Å²) in [6.45, 7) is 0. The van der Waals surface area contributed by atoms with Gasteiger partial charge in [-0.3, -0.25) is 9.59 Å². The Bertz CT molecular complexity index is 530. The quantitative estimate of drug-likeness (QED) is 0.854. The van der Waals surface area contributed by atoms with Crippen molar-refractivity contribution in [2.45, 2.75) is 12.5 Å². The van der Waals surface area contributed by atoms with Gasteiger partial charge in [0.2, 0.25) is 5.91 Å². The summed E-state index contributed by atoms with van der Waals surface area (Å²) in [5.74, 6) is 0.561. The van der Waals surface area contributed by atoms with Crippen LogP contribution in [0.2, 0.25) is 0 Å². The van der Waals surface area contributed by atoms with E-state index in [2.05, 4.69) is 5.32 Å². The predicted octanol–water partition coefficient (Wildman–Crippen LogP) is 1.69. The summed E-state index contributed by atoms with van der Waals surface area (Å²) < 4.78 is 10.4. The molecule has 19 heavy (non-hydrogen) atoms. The normalized spacial score (nSPS) is 17.0. The van der Waals surface area contributed by atoms with Gasteiger partial charge in [0, 0.05) is 12.0 Å². The van der Waals surface area contributed by atoms with Gasteiger partial charge in [0.25, 0.3) is 0 Å². The molecule has 5 nitrogen and oxygen atoms in total. The average Bonchev–Trinajstić information content (AvgIpc) is 2.73. The number of amides is 1. The monoisotopic (exact) mass is 283 g/mol. The second-order valence-electron chi connectivity index (χ2n) is 4.18. The molecule has 0 bridgehead atoms. The van der Waals surface area contributed by atoms with E-state index in [0.29, 0.717) is 17.1 Å². The molecule has 0 saturated carbocycles. The molecule has 0 spiro atoms. The molecule has 1 aromatic rings. The SMILES string of the molecule is COc1cc2c(cc1OC)[C@@H](NC(=O)CCl)CC2=O. The predicted molar refractivity (Wildman–Crippen MR) is 70.1 cm³/mol. The number of carbonyl (C=O) groups is 2.